The molecule has 2 heteroatoms. The molecule has 1 fully saturated rings. The summed E-state index contributed by atoms with van der Waals surface area (Å²) in [6.07, 6.45) is 4.75. The molecule has 1 aromatic carbocycles. The summed E-state index contributed by atoms with van der Waals surface area (Å²) in [4.78, 5) is 2.51. The van der Waals surface area contributed by atoms with E-state index in [9.17, 15) is 5.11 Å². The van der Waals surface area contributed by atoms with Gasteiger partial charge in [-0.1, -0.05) is 50.6 Å². The van der Waals surface area contributed by atoms with Crippen molar-refractivity contribution in [1.29, 1.82) is 0 Å². The summed E-state index contributed by atoms with van der Waals surface area (Å²) in [5, 5.41) is 11.1. The molecule has 2 rings (SSSR count). The predicted octanol–water partition coefficient (Wildman–Crippen LogP) is 3.41. The van der Waals surface area contributed by atoms with Crippen LogP contribution in [0.3, 0.4) is 0 Å². The molecule has 1 N–H and O–H groups in total. The third-order valence-corrected chi connectivity index (χ3v) is 4.61. The lowest BCUT2D eigenvalue weighted by molar-refractivity contribution is -0.0351. The van der Waals surface area contributed by atoms with E-state index in [1.165, 1.54) is 32.4 Å². The van der Waals surface area contributed by atoms with Gasteiger partial charge in [0.05, 0.1) is 5.60 Å². The van der Waals surface area contributed by atoms with Crippen molar-refractivity contribution in [3.8, 4) is 0 Å². The largest absolute Gasteiger partial charge is 0.385 e. The van der Waals surface area contributed by atoms with Crippen LogP contribution in [0.1, 0.15) is 45.1 Å². The topological polar surface area (TPSA) is 23.5 Å². The van der Waals surface area contributed by atoms with Crippen LogP contribution in [0.4, 0.5) is 0 Å². The average Bonchev–Trinajstić information content (AvgIpc) is 2.48. The summed E-state index contributed by atoms with van der Waals surface area (Å²) in [6, 6.07) is 10.1. The lowest BCUT2D eigenvalue weighted by Gasteiger charge is -2.38. The van der Waals surface area contributed by atoms with Crippen LogP contribution in [0.5, 0.6) is 0 Å². The van der Waals surface area contributed by atoms with E-state index in [2.05, 4.69) is 30.9 Å². The minimum Gasteiger partial charge on any atom is -0.385 e. The zero-order valence-corrected chi connectivity index (χ0v) is 12.3. The molecule has 0 amide bonds. The Morgan fingerprint density at radius 1 is 1.16 bits per heavy atom. The van der Waals surface area contributed by atoms with E-state index < -0.39 is 5.60 Å². The molecule has 1 saturated heterocycles. The van der Waals surface area contributed by atoms with Gasteiger partial charge in [0, 0.05) is 12.5 Å². The van der Waals surface area contributed by atoms with E-state index in [-0.39, 0.29) is 5.92 Å². The summed E-state index contributed by atoms with van der Waals surface area (Å²) >= 11 is 0. The Morgan fingerprint density at radius 3 is 2.37 bits per heavy atom. The van der Waals surface area contributed by atoms with Crippen LogP contribution in [0.25, 0.3) is 0 Å². The summed E-state index contributed by atoms with van der Waals surface area (Å²) in [6.45, 7) is 7.65. The SMILES string of the molecule is CC[C@](O)(c1ccccc1)[C@H](C)CN1CCCCC1. The van der Waals surface area contributed by atoms with Gasteiger partial charge in [0.2, 0.25) is 0 Å². The van der Waals surface area contributed by atoms with Crippen LogP contribution in [0.2, 0.25) is 0 Å². The van der Waals surface area contributed by atoms with Crippen LogP contribution < -0.4 is 0 Å². The van der Waals surface area contributed by atoms with E-state index >= 15 is 0 Å². The first-order chi connectivity index (χ1) is 9.16. The van der Waals surface area contributed by atoms with E-state index in [0.717, 1.165) is 18.5 Å². The fourth-order valence-corrected chi connectivity index (χ4v) is 3.24. The first kappa shape index (κ1) is 14.5. The maximum absolute atomic E-state index is 11.1. The molecule has 2 atom stereocenters. The van der Waals surface area contributed by atoms with Gasteiger partial charge >= 0.3 is 0 Å². The Hall–Kier alpha value is -0.860. The maximum Gasteiger partial charge on any atom is 0.0931 e. The molecule has 0 bridgehead atoms. The van der Waals surface area contributed by atoms with Crippen LogP contribution >= 0.6 is 0 Å². The molecular weight excluding hydrogens is 234 g/mol. The number of benzene rings is 1. The Morgan fingerprint density at radius 2 is 1.79 bits per heavy atom. The second-order valence-electron chi connectivity index (χ2n) is 5.91. The Balaban J connectivity index is 2.07. The average molecular weight is 261 g/mol. The smallest absolute Gasteiger partial charge is 0.0931 e. The first-order valence-corrected chi connectivity index (χ1v) is 7.67. The third-order valence-electron chi connectivity index (χ3n) is 4.61. The number of piperidine rings is 1. The molecule has 0 radical (unpaired) electrons. The highest BCUT2D eigenvalue weighted by Gasteiger charge is 2.34. The zero-order valence-electron chi connectivity index (χ0n) is 12.3. The number of rotatable bonds is 5. The molecule has 19 heavy (non-hydrogen) atoms. The van der Waals surface area contributed by atoms with Gasteiger partial charge in [-0.05, 0) is 37.9 Å². The van der Waals surface area contributed by atoms with Gasteiger partial charge in [0.25, 0.3) is 0 Å². The number of nitrogens with zero attached hydrogens (tertiary/aromatic N) is 1. The van der Waals surface area contributed by atoms with Gasteiger partial charge in [0.15, 0.2) is 0 Å². The van der Waals surface area contributed by atoms with E-state index in [1.807, 2.05) is 18.2 Å². The van der Waals surface area contributed by atoms with E-state index in [0.29, 0.717) is 0 Å². The zero-order chi connectivity index (χ0) is 13.7. The second kappa shape index (κ2) is 6.53. The van der Waals surface area contributed by atoms with Crippen molar-refractivity contribution in [3.05, 3.63) is 35.9 Å². The highest BCUT2D eigenvalue weighted by molar-refractivity contribution is 5.23. The van der Waals surface area contributed by atoms with Crippen molar-refractivity contribution in [2.24, 2.45) is 5.92 Å². The monoisotopic (exact) mass is 261 g/mol. The van der Waals surface area contributed by atoms with Crippen molar-refractivity contribution in [2.45, 2.75) is 45.1 Å². The molecule has 0 unspecified atom stereocenters. The normalized spacial score (nSPS) is 21.8. The standard InChI is InChI=1S/C17H27NO/c1-3-17(19,16-10-6-4-7-11-16)15(2)14-18-12-8-5-9-13-18/h4,6-7,10-11,15,19H,3,5,8-9,12-14H2,1-2H3/t15-,17-/m1/s1. The summed E-state index contributed by atoms with van der Waals surface area (Å²) in [5.74, 6) is 0.262. The van der Waals surface area contributed by atoms with E-state index in [4.69, 9.17) is 0 Å². The predicted molar refractivity (Wildman–Crippen MR) is 80.1 cm³/mol. The van der Waals surface area contributed by atoms with E-state index in [1.54, 1.807) is 0 Å². The lowest BCUT2D eigenvalue weighted by atomic mass is 9.80. The fraction of sp³-hybridized carbons (Fsp3) is 0.647. The maximum atomic E-state index is 11.1. The van der Waals surface area contributed by atoms with Crippen LogP contribution in [0, 0.1) is 5.92 Å². The molecule has 1 aromatic rings. The Kier molecular flexibility index (Phi) is 5.00. The molecule has 0 aliphatic carbocycles. The Labute approximate surface area is 117 Å². The summed E-state index contributed by atoms with van der Waals surface area (Å²) < 4.78 is 0. The van der Waals surface area contributed by atoms with Crippen LogP contribution in [-0.4, -0.2) is 29.6 Å². The van der Waals surface area contributed by atoms with Gasteiger partial charge in [-0.3, -0.25) is 0 Å². The number of hydrogen-bond donors (Lipinski definition) is 1. The highest BCUT2D eigenvalue weighted by Crippen LogP contribution is 2.33. The van der Waals surface area contributed by atoms with Gasteiger partial charge in [-0.2, -0.15) is 0 Å². The minimum atomic E-state index is -0.696. The van der Waals surface area contributed by atoms with Gasteiger partial charge in [0.1, 0.15) is 0 Å². The first-order valence-electron chi connectivity index (χ1n) is 7.67. The molecule has 0 aromatic heterocycles. The molecule has 106 valence electrons. The second-order valence-corrected chi connectivity index (χ2v) is 5.91. The van der Waals surface area contributed by atoms with Crippen molar-refractivity contribution in [1.82, 2.24) is 4.90 Å². The van der Waals surface area contributed by atoms with Gasteiger partial charge in [-0.25, -0.2) is 0 Å². The van der Waals surface area contributed by atoms with Gasteiger partial charge in [-0.15, -0.1) is 0 Å². The molecular formula is C17H27NO. The quantitative estimate of drug-likeness (QED) is 0.878. The van der Waals surface area contributed by atoms with Gasteiger partial charge < -0.3 is 10.0 Å². The van der Waals surface area contributed by atoms with Crippen molar-refractivity contribution in [3.63, 3.8) is 0 Å². The third kappa shape index (κ3) is 3.37. The molecule has 0 spiro atoms. The molecule has 0 saturated carbocycles. The highest BCUT2D eigenvalue weighted by atomic mass is 16.3. The minimum absolute atomic E-state index is 0.262. The molecule has 2 nitrogen and oxygen atoms in total. The number of likely N-dealkylation sites (tertiary alicyclic amines) is 1. The molecule has 1 aliphatic rings. The molecule has 1 aliphatic heterocycles. The fourth-order valence-electron chi connectivity index (χ4n) is 3.24. The van der Waals surface area contributed by atoms with Crippen molar-refractivity contribution >= 4 is 0 Å². The van der Waals surface area contributed by atoms with Crippen molar-refractivity contribution < 1.29 is 5.11 Å². The molecule has 1 heterocycles. The summed E-state index contributed by atoms with van der Waals surface area (Å²) in [7, 11) is 0. The summed E-state index contributed by atoms with van der Waals surface area (Å²) in [5.41, 5.74) is 0.362. The van der Waals surface area contributed by atoms with Crippen LogP contribution in [-0.2, 0) is 5.60 Å². The van der Waals surface area contributed by atoms with Crippen LogP contribution in [0.15, 0.2) is 30.3 Å². The Bertz CT molecular complexity index is 372. The van der Waals surface area contributed by atoms with Crippen molar-refractivity contribution in [2.75, 3.05) is 19.6 Å². The lowest BCUT2D eigenvalue weighted by Crippen LogP contribution is -2.42. The number of hydrogen-bond acceptors (Lipinski definition) is 2. The number of aliphatic hydroxyl groups is 1.